The molecule has 3 nitrogen and oxygen atoms in total. The first-order valence-corrected chi connectivity index (χ1v) is 7.08. The minimum atomic E-state index is -3.72. The molecule has 2 aromatic rings. The van der Waals surface area contributed by atoms with E-state index in [2.05, 4.69) is 20.9 Å². The van der Waals surface area contributed by atoms with E-state index < -0.39 is 9.05 Å². The van der Waals surface area contributed by atoms with Crippen molar-refractivity contribution in [1.29, 1.82) is 0 Å². The lowest BCUT2D eigenvalue weighted by molar-refractivity contribution is 0.610. The summed E-state index contributed by atoms with van der Waals surface area (Å²) in [6.07, 6.45) is 1.53. The Morgan fingerprint density at radius 1 is 1.20 bits per heavy atom. The summed E-state index contributed by atoms with van der Waals surface area (Å²) in [5, 5.41) is 1.29. The summed E-state index contributed by atoms with van der Waals surface area (Å²) in [5.41, 5.74) is 0. The summed E-state index contributed by atoms with van der Waals surface area (Å²) >= 11 is 3.25. The topological polar surface area (TPSA) is 47.0 Å². The number of hydrogen-bond acceptors (Lipinski definition) is 3. The maximum absolute atomic E-state index is 11.3. The van der Waals surface area contributed by atoms with Crippen molar-refractivity contribution >= 4 is 46.4 Å². The second-order valence-corrected chi connectivity index (χ2v) is 6.18. The van der Waals surface area contributed by atoms with Gasteiger partial charge in [-0.2, -0.15) is 0 Å². The minimum Gasteiger partial charge on any atom is -0.249 e. The Bertz CT molecular complexity index is 627. The maximum atomic E-state index is 11.3. The zero-order chi connectivity index (χ0) is 11.1. The third kappa shape index (κ3) is 2.00. The van der Waals surface area contributed by atoms with Gasteiger partial charge < -0.3 is 0 Å². The van der Waals surface area contributed by atoms with E-state index in [1.807, 2.05) is 0 Å². The van der Waals surface area contributed by atoms with E-state index in [4.69, 9.17) is 10.7 Å². The zero-order valence-corrected chi connectivity index (χ0v) is 10.5. The molecule has 0 radical (unpaired) electrons. The van der Waals surface area contributed by atoms with E-state index in [0.717, 1.165) is 5.39 Å². The van der Waals surface area contributed by atoms with Crippen molar-refractivity contribution in [2.45, 2.75) is 4.90 Å². The second kappa shape index (κ2) is 3.73. The number of fused-ring (bicyclic) bond motifs is 1. The van der Waals surface area contributed by atoms with Crippen LogP contribution in [0.3, 0.4) is 0 Å². The van der Waals surface area contributed by atoms with Crippen molar-refractivity contribution in [3.05, 3.63) is 35.1 Å². The summed E-state index contributed by atoms with van der Waals surface area (Å²) in [6, 6.07) is 6.49. The first-order chi connectivity index (χ1) is 7.00. The molecule has 0 atom stereocenters. The lowest BCUT2D eigenvalue weighted by Crippen LogP contribution is -1.92. The summed E-state index contributed by atoms with van der Waals surface area (Å²) in [4.78, 5) is 4.11. The molecule has 0 saturated carbocycles. The number of halogens is 2. The van der Waals surface area contributed by atoms with E-state index >= 15 is 0 Å². The monoisotopic (exact) mass is 305 g/mol. The fraction of sp³-hybridized carbons (Fsp3) is 0. The van der Waals surface area contributed by atoms with Crippen molar-refractivity contribution in [1.82, 2.24) is 4.98 Å². The van der Waals surface area contributed by atoms with Crippen LogP contribution in [0.5, 0.6) is 0 Å². The van der Waals surface area contributed by atoms with Crippen LogP contribution in [0.1, 0.15) is 0 Å². The molecule has 6 heteroatoms. The van der Waals surface area contributed by atoms with Gasteiger partial charge in [0.05, 0.1) is 4.90 Å². The first-order valence-electron chi connectivity index (χ1n) is 3.98. The van der Waals surface area contributed by atoms with Gasteiger partial charge in [0.1, 0.15) is 4.60 Å². The van der Waals surface area contributed by atoms with Gasteiger partial charge in [0, 0.05) is 27.7 Å². The molecule has 0 bridgehead atoms. The van der Waals surface area contributed by atoms with Crippen LogP contribution in [0, 0.1) is 0 Å². The molecule has 0 saturated heterocycles. The summed E-state index contributed by atoms with van der Waals surface area (Å²) in [5.74, 6) is 0. The fourth-order valence-electron chi connectivity index (χ4n) is 1.36. The largest absolute Gasteiger partial charge is 0.261 e. The number of aromatic nitrogens is 1. The van der Waals surface area contributed by atoms with Crippen molar-refractivity contribution in [3.63, 3.8) is 0 Å². The molecule has 1 aromatic carbocycles. The summed E-state index contributed by atoms with van der Waals surface area (Å²) in [6.45, 7) is 0. The van der Waals surface area contributed by atoms with Gasteiger partial charge >= 0.3 is 0 Å². The molecule has 0 aliphatic rings. The second-order valence-electron chi connectivity index (χ2n) is 2.89. The van der Waals surface area contributed by atoms with Crippen LogP contribution in [0.4, 0.5) is 0 Å². The summed E-state index contributed by atoms with van der Waals surface area (Å²) in [7, 11) is 1.60. The third-order valence-corrected chi connectivity index (χ3v) is 3.99. The molecule has 0 spiro atoms. The van der Waals surface area contributed by atoms with Gasteiger partial charge in [-0.15, -0.1) is 0 Å². The molecule has 0 aliphatic carbocycles. The maximum Gasteiger partial charge on any atom is 0.261 e. The molecule has 1 heterocycles. The van der Waals surface area contributed by atoms with Crippen molar-refractivity contribution in [2.24, 2.45) is 0 Å². The molecule has 0 aliphatic heterocycles. The normalized spacial score (nSPS) is 11.9. The molecule has 78 valence electrons. The smallest absolute Gasteiger partial charge is 0.249 e. The van der Waals surface area contributed by atoms with Crippen LogP contribution < -0.4 is 0 Å². The van der Waals surface area contributed by atoms with Gasteiger partial charge in [0.25, 0.3) is 9.05 Å². The minimum absolute atomic E-state index is 0.102. The van der Waals surface area contributed by atoms with Crippen molar-refractivity contribution < 1.29 is 8.42 Å². The predicted octanol–water partition coefficient (Wildman–Crippen LogP) is 2.92. The number of rotatable bonds is 1. The van der Waals surface area contributed by atoms with Crippen LogP contribution in [0.15, 0.2) is 40.0 Å². The number of nitrogens with zero attached hydrogens (tertiary/aromatic N) is 1. The lowest BCUT2D eigenvalue weighted by Gasteiger charge is -2.03. The number of hydrogen-bond donors (Lipinski definition) is 0. The molecule has 0 fully saturated rings. The van der Waals surface area contributed by atoms with E-state index in [1.54, 1.807) is 18.2 Å². The van der Waals surface area contributed by atoms with E-state index in [1.165, 1.54) is 12.3 Å². The lowest BCUT2D eigenvalue weighted by atomic mass is 10.2. The fourth-order valence-corrected chi connectivity index (χ4v) is 2.90. The first kappa shape index (κ1) is 10.9. The molecule has 0 N–H and O–H groups in total. The third-order valence-electron chi connectivity index (χ3n) is 1.98. The molecule has 0 unspecified atom stereocenters. The zero-order valence-electron chi connectivity index (χ0n) is 7.31. The molecule has 15 heavy (non-hydrogen) atoms. The Hall–Kier alpha value is -0.650. The number of benzene rings is 1. The Kier molecular flexibility index (Phi) is 2.70. The Morgan fingerprint density at radius 2 is 1.93 bits per heavy atom. The van der Waals surface area contributed by atoms with E-state index in [0.29, 0.717) is 9.99 Å². The van der Waals surface area contributed by atoms with E-state index in [9.17, 15) is 8.42 Å². The standard InChI is InChI=1S/C9H5BrClNO2S/c10-9-7-2-1-3-8(15(11,13)14)6(7)4-5-12-9/h1-5H. The van der Waals surface area contributed by atoms with Gasteiger partial charge in [0.2, 0.25) is 0 Å². The Balaban J connectivity index is 2.96. The highest BCUT2D eigenvalue weighted by atomic mass is 79.9. The quantitative estimate of drug-likeness (QED) is 0.601. The molecule has 1 aromatic heterocycles. The van der Waals surface area contributed by atoms with Crippen LogP contribution in [0.2, 0.25) is 0 Å². The van der Waals surface area contributed by atoms with Gasteiger partial charge in [-0.1, -0.05) is 12.1 Å². The molecular formula is C9H5BrClNO2S. The van der Waals surface area contributed by atoms with E-state index in [-0.39, 0.29) is 4.90 Å². The highest BCUT2D eigenvalue weighted by molar-refractivity contribution is 9.10. The Morgan fingerprint density at radius 3 is 2.60 bits per heavy atom. The van der Waals surface area contributed by atoms with Crippen molar-refractivity contribution in [3.8, 4) is 0 Å². The van der Waals surface area contributed by atoms with Crippen LogP contribution >= 0.6 is 26.6 Å². The highest BCUT2D eigenvalue weighted by Crippen LogP contribution is 2.28. The van der Waals surface area contributed by atoms with Crippen molar-refractivity contribution in [2.75, 3.05) is 0 Å². The Labute approximate surface area is 99.6 Å². The van der Waals surface area contributed by atoms with Gasteiger partial charge in [-0.05, 0) is 28.1 Å². The number of pyridine rings is 1. The SMILES string of the molecule is O=S(=O)(Cl)c1cccc2c(Br)nccc12. The van der Waals surface area contributed by atoms with Gasteiger partial charge in [0.15, 0.2) is 0 Å². The average molecular weight is 307 g/mol. The van der Waals surface area contributed by atoms with Crippen LogP contribution in [-0.4, -0.2) is 13.4 Å². The molecular weight excluding hydrogens is 302 g/mol. The van der Waals surface area contributed by atoms with Gasteiger partial charge in [-0.25, -0.2) is 13.4 Å². The van der Waals surface area contributed by atoms with Crippen LogP contribution in [-0.2, 0) is 9.05 Å². The van der Waals surface area contributed by atoms with Crippen LogP contribution in [0.25, 0.3) is 10.8 Å². The summed E-state index contributed by atoms with van der Waals surface area (Å²) < 4.78 is 23.2. The average Bonchev–Trinajstić information content (AvgIpc) is 2.16. The molecule has 2 rings (SSSR count). The predicted molar refractivity (Wildman–Crippen MR) is 62.5 cm³/mol. The van der Waals surface area contributed by atoms with Gasteiger partial charge in [-0.3, -0.25) is 0 Å². The highest BCUT2D eigenvalue weighted by Gasteiger charge is 2.14. The molecule has 0 amide bonds.